The van der Waals surface area contributed by atoms with Crippen LogP contribution in [0.4, 0.5) is 5.69 Å². The van der Waals surface area contributed by atoms with Gasteiger partial charge in [0.25, 0.3) is 5.69 Å². The van der Waals surface area contributed by atoms with Crippen LogP contribution in [0.5, 0.6) is 11.5 Å². The Kier molecular flexibility index (Phi) is 4.22. The lowest BCUT2D eigenvalue weighted by Gasteiger charge is -2.19. The van der Waals surface area contributed by atoms with Crippen molar-refractivity contribution >= 4 is 29.1 Å². The number of hydrogen-bond acceptors (Lipinski definition) is 7. The highest BCUT2D eigenvalue weighted by atomic mass is 32.2. The maximum Gasteiger partial charge on any atom is 0.331 e. The molecular formula is C16H12N2O5S. The molecule has 0 radical (unpaired) electrons. The summed E-state index contributed by atoms with van der Waals surface area (Å²) < 4.78 is 5.80. The van der Waals surface area contributed by atoms with Crippen LogP contribution in [-0.2, 0) is 9.63 Å². The van der Waals surface area contributed by atoms with Crippen molar-refractivity contribution in [3.05, 3.63) is 52.1 Å². The standard InChI is InChI=1S/C16H12N2O5S/c1-9(17-23-10(2)19)11-3-5-15-13(7-11)22-14-8-12(18(20)21)4-6-16(14)24-15/h3-8H,1-2H3/b17-9+. The molecule has 0 amide bonds. The fraction of sp³-hybridized carbons (Fsp3) is 0.125. The van der Waals surface area contributed by atoms with E-state index in [4.69, 9.17) is 4.74 Å². The Hall–Kier alpha value is -2.87. The number of hydrogen-bond donors (Lipinski definition) is 0. The normalized spacial score (nSPS) is 12.7. The highest BCUT2D eigenvalue weighted by molar-refractivity contribution is 7.99. The van der Waals surface area contributed by atoms with Crippen molar-refractivity contribution in [3.63, 3.8) is 0 Å². The molecule has 7 nitrogen and oxygen atoms in total. The van der Waals surface area contributed by atoms with Crippen molar-refractivity contribution < 1.29 is 19.3 Å². The van der Waals surface area contributed by atoms with Crippen LogP contribution in [-0.4, -0.2) is 16.6 Å². The Labute approximate surface area is 141 Å². The predicted octanol–water partition coefficient (Wildman–Crippen LogP) is 4.14. The zero-order valence-corrected chi connectivity index (χ0v) is 13.6. The van der Waals surface area contributed by atoms with E-state index >= 15 is 0 Å². The number of nitro groups is 1. The van der Waals surface area contributed by atoms with Gasteiger partial charge in [0.15, 0.2) is 0 Å². The van der Waals surface area contributed by atoms with Gasteiger partial charge in [-0.2, -0.15) is 0 Å². The first-order valence-electron chi connectivity index (χ1n) is 6.95. The average molecular weight is 344 g/mol. The molecule has 1 aliphatic heterocycles. The number of nitro benzene ring substituents is 1. The summed E-state index contributed by atoms with van der Waals surface area (Å²) in [6, 6.07) is 9.98. The van der Waals surface area contributed by atoms with Gasteiger partial charge in [0, 0.05) is 18.6 Å². The van der Waals surface area contributed by atoms with E-state index in [9.17, 15) is 14.9 Å². The quantitative estimate of drug-likeness (QED) is 0.307. The molecule has 3 rings (SSSR count). The van der Waals surface area contributed by atoms with Crippen molar-refractivity contribution in [3.8, 4) is 11.5 Å². The summed E-state index contributed by atoms with van der Waals surface area (Å²) in [4.78, 5) is 27.6. The van der Waals surface area contributed by atoms with E-state index < -0.39 is 10.9 Å². The Morgan fingerprint density at radius 3 is 2.50 bits per heavy atom. The van der Waals surface area contributed by atoms with Gasteiger partial charge in [-0.25, -0.2) is 4.79 Å². The van der Waals surface area contributed by atoms with E-state index in [0.29, 0.717) is 17.2 Å². The summed E-state index contributed by atoms with van der Waals surface area (Å²) in [6.45, 7) is 2.98. The molecule has 0 fully saturated rings. The van der Waals surface area contributed by atoms with Crippen LogP contribution in [0.1, 0.15) is 19.4 Å². The molecule has 0 saturated carbocycles. The number of carbonyl (C=O) groups is 1. The summed E-state index contributed by atoms with van der Waals surface area (Å²) in [6.07, 6.45) is 0. The summed E-state index contributed by atoms with van der Waals surface area (Å²) in [5, 5.41) is 14.6. The number of benzene rings is 2. The lowest BCUT2D eigenvalue weighted by atomic mass is 10.1. The maximum atomic E-state index is 10.9. The molecule has 2 aromatic carbocycles. The largest absolute Gasteiger partial charge is 0.455 e. The Balaban J connectivity index is 1.91. The molecule has 24 heavy (non-hydrogen) atoms. The smallest absolute Gasteiger partial charge is 0.331 e. The molecule has 8 heteroatoms. The zero-order valence-electron chi connectivity index (χ0n) is 12.8. The minimum Gasteiger partial charge on any atom is -0.455 e. The van der Waals surface area contributed by atoms with Crippen molar-refractivity contribution in [1.29, 1.82) is 0 Å². The van der Waals surface area contributed by atoms with Gasteiger partial charge < -0.3 is 9.57 Å². The van der Waals surface area contributed by atoms with Crippen LogP contribution in [0.2, 0.25) is 0 Å². The molecule has 0 N–H and O–H groups in total. The highest BCUT2D eigenvalue weighted by Crippen LogP contribution is 2.48. The Bertz CT molecular complexity index is 879. The number of carbonyl (C=O) groups excluding carboxylic acids is 1. The first kappa shape index (κ1) is 16.0. The van der Waals surface area contributed by atoms with Crippen LogP contribution in [0.25, 0.3) is 0 Å². The average Bonchev–Trinajstić information content (AvgIpc) is 2.56. The molecule has 0 saturated heterocycles. The van der Waals surface area contributed by atoms with Gasteiger partial charge >= 0.3 is 5.97 Å². The number of oxime groups is 1. The van der Waals surface area contributed by atoms with Gasteiger partial charge in [-0.15, -0.1) is 0 Å². The molecule has 122 valence electrons. The summed E-state index contributed by atoms with van der Waals surface area (Å²) in [5.41, 5.74) is 1.22. The van der Waals surface area contributed by atoms with Gasteiger partial charge in [-0.05, 0) is 25.1 Å². The lowest BCUT2D eigenvalue weighted by molar-refractivity contribution is -0.385. The number of fused-ring (bicyclic) bond motifs is 2. The lowest BCUT2D eigenvalue weighted by Crippen LogP contribution is -2.02. The highest BCUT2D eigenvalue weighted by Gasteiger charge is 2.21. The third-order valence-corrected chi connectivity index (χ3v) is 4.36. The van der Waals surface area contributed by atoms with E-state index in [0.717, 1.165) is 15.4 Å². The fourth-order valence-corrected chi connectivity index (χ4v) is 3.01. The van der Waals surface area contributed by atoms with Crippen LogP contribution in [0.3, 0.4) is 0 Å². The van der Waals surface area contributed by atoms with Crippen LogP contribution >= 0.6 is 11.8 Å². The second-order valence-electron chi connectivity index (χ2n) is 5.01. The fourth-order valence-electron chi connectivity index (χ4n) is 2.09. The minimum atomic E-state index is -0.500. The first-order valence-corrected chi connectivity index (χ1v) is 7.76. The van der Waals surface area contributed by atoms with Crippen LogP contribution in [0.15, 0.2) is 51.3 Å². The SMILES string of the molecule is CC(=O)O/N=C(\C)c1ccc2c(c1)Oc1cc([N+](=O)[O-])ccc1S2. The third-order valence-electron chi connectivity index (χ3n) is 3.25. The van der Waals surface area contributed by atoms with E-state index in [1.54, 1.807) is 19.1 Å². The van der Waals surface area contributed by atoms with Gasteiger partial charge in [0.2, 0.25) is 0 Å². The van der Waals surface area contributed by atoms with Crippen molar-refractivity contribution in [2.24, 2.45) is 5.16 Å². The maximum absolute atomic E-state index is 10.9. The number of rotatable bonds is 3. The second-order valence-corrected chi connectivity index (χ2v) is 6.10. The second kappa shape index (κ2) is 6.32. The van der Waals surface area contributed by atoms with Crippen molar-refractivity contribution in [2.75, 3.05) is 0 Å². The predicted molar refractivity (Wildman–Crippen MR) is 87.7 cm³/mol. The molecule has 1 heterocycles. The molecular weight excluding hydrogens is 332 g/mol. The molecule has 1 aliphatic rings. The van der Waals surface area contributed by atoms with E-state index in [2.05, 4.69) is 9.99 Å². The van der Waals surface area contributed by atoms with Gasteiger partial charge in [0.1, 0.15) is 11.5 Å². The number of nitrogens with zero attached hydrogens (tertiary/aromatic N) is 2. The molecule has 0 aromatic heterocycles. The number of non-ortho nitro benzene ring substituents is 1. The van der Waals surface area contributed by atoms with E-state index in [-0.39, 0.29) is 5.69 Å². The van der Waals surface area contributed by atoms with E-state index in [1.165, 1.54) is 30.8 Å². The van der Waals surface area contributed by atoms with Gasteiger partial charge in [-0.3, -0.25) is 10.1 Å². The van der Waals surface area contributed by atoms with Gasteiger partial charge in [-0.1, -0.05) is 23.0 Å². The van der Waals surface area contributed by atoms with Crippen molar-refractivity contribution in [2.45, 2.75) is 23.6 Å². The summed E-state index contributed by atoms with van der Waals surface area (Å²) in [7, 11) is 0. The molecule has 0 bridgehead atoms. The third kappa shape index (κ3) is 3.23. The zero-order chi connectivity index (χ0) is 17.3. The molecule has 0 atom stereocenters. The molecule has 0 unspecified atom stereocenters. The van der Waals surface area contributed by atoms with Crippen LogP contribution in [0, 0.1) is 10.1 Å². The molecule has 0 aliphatic carbocycles. The Morgan fingerprint density at radius 1 is 1.17 bits per heavy atom. The first-order chi connectivity index (χ1) is 11.4. The monoisotopic (exact) mass is 344 g/mol. The number of ether oxygens (including phenoxy) is 1. The van der Waals surface area contributed by atoms with Crippen molar-refractivity contribution in [1.82, 2.24) is 0 Å². The van der Waals surface area contributed by atoms with Crippen LogP contribution < -0.4 is 4.74 Å². The summed E-state index contributed by atoms with van der Waals surface area (Å²) in [5.74, 6) is 0.511. The Morgan fingerprint density at radius 2 is 1.83 bits per heavy atom. The molecule has 0 spiro atoms. The van der Waals surface area contributed by atoms with Gasteiger partial charge in [0.05, 0.1) is 26.5 Å². The molecule has 2 aromatic rings. The minimum absolute atomic E-state index is 0.0263. The summed E-state index contributed by atoms with van der Waals surface area (Å²) >= 11 is 1.47. The van der Waals surface area contributed by atoms with E-state index in [1.807, 2.05) is 12.1 Å². The topological polar surface area (TPSA) is 91.0 Å².